The third-order valence-corrected chi connectivity index (χ3v) is 10.2. The number of amides is 3. The maximum absolute atomic E-state index is 13.7. The predicted molar refractivity (Wildman–Crippen MR) is 174 cm³/mol. The number of urea groups is 1. The van der Waals surface area contributed by atoms with E-state index in [0.717, 1.165) is 5.56 Å². The lowest BCUT2D eigenvalue weighted by Gasteiger charge is -2.31. The summed E-state index contributed by atoms with van der Waals surface area (Å²) in [6.45, 7) is 3.59. The van der Waals surface area contributed by atoms with Crippen molar-refractivity contribution >= 4 is 38.7 Å². The number of hydrogen-bond acceptors (Lipinski definition) is 8. The second-order valence-corrected chi connectivity index (χ2v) is 14.5. The van der Waals surface area contributed by atoms with Crippen LogP contribution in [0.4, 0.5) is 10.5 Å². The van der Waals surface area contributed by atoms with Crippen LogP contribution in [0.25, 0.3) is 0 Å². The van der Waals surface area contributed by atoms with Crippen LogP contribution in [-0.2, 0) is 36.5 Å². The van der Waals surface area contributed by atoms with Gasteiger partial charge in [0.05, 0.1) is 42.7 Å². The molecule has 12 nitrogen and oxygen atoms in total. The summed E-state index contributed by atoms with van der Waals surface area (Å²) in [5.41, 5.74) is 1.25. The molecule has 1 saturated heterocycles. The van der Waals surface area contributed by atoms with Gasteiger partial charge in [-0.05, 0) is 60.4 Å². The van der Waals surface area contributed by atoms with Crippen molar-refractivity contribution in [3.63, 3.8) is 0 Å². The van der Waals surface area contributed by atoms with Gasteiger partial charge in [-0.3, -0.25) is 13.9 Å². The lowest BCUT2D eigenvalue weighted by atomic mass is 10.0. The number of carbonyl (C=O) groups excluding carboxylic acids is 2. The number of rotatable bonds is 15. The zero-order chi connectivity index (χ0) is 33.4. The van der Waals surface area contributed by atoms with E-state index in [2.05, 4.69) is 10.6 Å². The molecule has 3 N–H and O–H groups in total. The first-order valence-corrected chi connectivity index (χ1v) is 17.2. The molecule has 0 radical (unpaired) electrons. The second-order valence-electron chi connectivity index (χ2n) is 11.3. The predicted octanol–water partition coefficient (Wildman–Crippen LogP) is 2.70. The van der Waals surface area contributed by atoms with Crippen molar-refractivity contribution in [2.24, 2.45) is 5.92 Å². The minimum Gasteiger partial charge on any atom is -0.497 e. The highest BCUT2D eigenvalue weighted by Gasteiger charge is 2.37. The van der Waals surface area contributed by atoms with Gasteiger partial charge in [-0.1, -0.05) is 50.2 Å². The summed E-state index contributed by atoms with van der Waals surface area (Å²) in [5.74, 6) is -0.0852. The maximum atomic E-state index is 13.7. The Kier molecular flexibility index (Phi) is 11.9. The molecule has 14 heteroatoms. The zero-order valence-electron chi connectivity index (χ0n) is 26.2. The number of hydrogen-bond donors (Lipinski definition) is 3. The molecule has 248 valence electrons. The molecule has 0 aromatic heterocycles. The Bertz CT molecular complexity index is 1620. The first-order valence-electron chi connectivity index (χ1n) is 14.7. The summed E-state index contributed by atoms with van der Waals surface area (Å²) < 4.78 is 50.8. The van der Waals surface area contributed by atoms with Crippen molar-refractivity contribution in [2.45, 2.75) is 48.2 Å². The Morgan fingerprint density at radius 3 is 2.39 bits per heavy atom. The van der Waals surface area contributed by atoms with Crippen LogP contribution in [0, 0.1) is 5.92 Å². The fourth-order valence-corrected chi connectivity index (χ4v) is 7.33. The molecule has 3 aromatic rings. The average molecular weight is 673 g/mol. The minimum absolute atomic E-state index is 0.0206. The number of anilines is 1. The Morgan fingerprint density at radius 1 is 1.07 bits per heavy atom. The first kappa shape index (κ1) is 35.0. The van der Waals surface area contributed by atoms with Gasteiger partial charge in [0.1, 0.15) is 11.8 Å². The fourth-order valence-electron chi connectivity index (χ4n) is 5.11. The van der Waals surface area contributed by atoms with E-state index in [1.807, 2.05) is 44.2 Å². The van der Waals surface area contributed by atoms with Crippen molar-refractivity contribution in [3.8, 4) is 5.75 Å². The number of nitrogens with zero attached hydrogens (tertiary/aromatic N) is 2. The summed E-state index contributed by atoms with van der Waals surface area (Å²) in [7, 11) is -1.21. The second kappa shape index (κ2) is 15.6. The van der Waals surface area contributed by atoms with Crippen molar-refractivity contribution in [1.82, 2.24) is 14.9 Å². The van der Waals surface area contributed by atoms with Crippen LogP contribution in [0.2, 0.25) is 0 Å². The van der Waals surface area contributed by atoms with Crippen molar-refractivity contribution in [1.29, 1.82) is 0 Å². The summed E-state index contributed by atoms with van der Waals surface area (Å²) >= 11 is -1.71. The van der Waals surface area contributed by atoms with E-state index in [1.54, 1.807) is 36.4 Å². The standard InChI is InChI=1S/C32H40N4O8S2/c1-22(2)19-35(46(41,42)27-15-13-25(43-3)14-16-27)21-30(37)28(17-23-9-6-5-7-10-23)33-31(38)29-20-36(32(39)34-29)24-11-8-12-26(18-24)45(40)44-4/h5-16,18,22,28-30,37H,17,19-21H2,1-4H3,(H,33,38)(H,34,39)/t28-,29-,30+,45?/m0/s1. The Labute approximate surface area is 272 Å². The van der Waals surface area contributed by atoms with Gasteiger partial charge in [0.15, 0.2) is 11.1 Å². The van der Waals surface area contributed by atoms with Crippen LogP contribution in [-0.4, -0.2) is 86.0 Å². The van der Waals surface area contributed by atoms with Gasteiger partial charge < -0.3 is 20.5 Å². The molecule has 1 aliphatic rings. The summed E-state index contributed by atoms with van der Waals surface area (Å²) in [4.78, 5) is 28.2. The van der Waals surface area contributed by atoms with E-state index >= 15 is 0 Å². The molecule has 1 aliphatic heterocycles. The minimum atomic E-state index is -4.01. The monoisotopic (exact) mass is 672 g/mol. The molecular formula is C32H40N4O8S2. The van der Waals surface area contributed by atoms with Crippen LogP contribution in [0.5, 0.6) is 5.75 Å². The number of aliphatic hydroxyl groups excluding tert-OH is 1. The lowest BCUT2D eigenvalue weighted by Crippen LogP contribution is -2.54. The van der Waals surface area contributed by atoms with Gasteiger partial charge in [0.25, 0.3) is 0 Å². The molecule has 0 bridgehead atoms. The van der Waals surface area contributed by atoms with E-state index in [9.17, 15) is 27.3 Å². The molecule has 1 heterocycles. The van der Waals surface area contributed by atoms with Crippen LogP contribution >= 0.6 is 0 Å². The van der Waals surface area contributed by atoms with Gasteiger partial charge in [-0.2, -0.15) is 4.31 Å². The van der Waals surface area contributed by atoms with E-state index in [-0.39, 0.29) is 36.9 Å². The van der Waals surface area contributed by atoms with Gasteiger partial charge in [0.2, 0.25) is 15.9 Å². The highest BCUT2D eigenvalue weighted by Crippen LogP contribution is 2.24. The normalized spacial score (nSPS) is 17.1. The van der Waals surface area contributed by atoms with E-state index in [1.165, 1.54) is 35.6 Å². The van der Waals surface area contributed by atoms with Crippen LogP contribution in [0.15, 0.2) is 88.7 Å². The molecule has 1 fully saturated rings. The number of sulfonamides is 1. The molecule has 46 heavy (non-hydrogen) atoms. The number of benzene rings is 3. The number of aliphatic hydroxyl groups is 1. The van der Waals surface area contributed by atoms with Crippen molar-refractivity contribution in [3.05, 3.63) is 84.4 Å². The SMILES string of the molecule is COc1ccc(S(=O)(=O)N(CC(C)C)C[C@@H](O)[C@H](Cc2ccccc2)NC(=O)[C@@H]2CN(c3cccc(S(=O)OC)c3)C(=O)N2)cc1. The molecule has 3 aromatic carbocycles. The lowest BCUT2D eigenvalue weighted by molar-refractivity contribution is -0.124. The number of nitrogens with one attached hydrogen (secondary N) is 2. The van der Waals surface area contributed by atoms with Gasteiger partial charge in [0, 0.05) is 18.8 Å². The highest BCUT2D eigenvalue weighted by molar-refractivity contribution is 7.89. The number of methoxy groups -OCH3 is 1. The fraction of sp³-hybridized carbons (Fsp3) is 0.375. The molecular weight excluding hydrogens is 633 g/mol. The summed E-state index contributed by atoms with van der Waals surface area (Å²) in [6.07, 6.45) is -1.09. The largest absolute Gasteiger partial charge is 0.497 e. The molecule has 1 unspecified atom stereocenters. The molecule has 0 spiro atoms. The zero-order valence-corrected chi connectivity index (χ0v) is 27.8. The Balaban J connectivity index is 1.55. The molecule has 3 amide bonds. The summed E-state index contributed by atoms with van der Waals surface area (Å²) in [6, 6.07) is 19.3. The van der Waals surface area contributed by atoms with Gasteiger partial charge in [-0.25, -0.2) is 17.4 Å². The number of carbonyl (C=O) groups is 2. The third kappa shape index (κ3) is 8.70. The third-order valence-electron chi connectivity index (χ3n) is 7.44. The number of ether oxygens (including phenoxy) is 1. The molecule has 0 aliphatic carbocycles. The summed E-state index contributed by atoms with van der Waals surface area (Å²) in [5, 5.41) is 17.1. The van der Waals surface area contributed by atoms with E-state index in [0.29, 0.717) is 16.3 Å². The van der Waals surface area contributed by atoms with Crippen LogP contribution in [0.3, 0.4) is 0 Å². The Hall–Kier alpha value is -3.82. The van der Waals surface area contributed by atoms with E-state index < -0.39 is 51.2 Å². The topological polar surface area (TPSA) is 155 Å². The average Bonchev–Trinajstić information content (AvgIpc) is 3.45. The maximum Gasteiger partial charge on any atom is 0.322 e. The Morgan fingerprint density at radius 2 is 1.76 bits per heavy atom. The quantitative estimate of drug-likeness (QED) is 0.223. The van der Waals surface area contributed by atoms with E-state index in [4.69, 9.17) is 8.92 Å². The first-order chi connectivity index (χ1) is 21.9. The van der Waals surface area contributed by atoms with Gasteiger partial charge >= 0.3 is 6.03 Å². The molecule has 4 rings (SSSR count). The van der Waals surface area contributed by atoms with Crippen LogP contribution in [0.1, 0.15) is 19.4 Å². The highest BCUT2D eigenvalue weighted by atomic mass is 32.2. The smallest absolute Gasteiger partial charge is 0.322 e. The van der Waals surface area contributed by atoms with Crippen molar-refractivity contribution < 1.29 is 36.2 Å². The molecule has 4 atom stereocenters. The molecule has 0 saturated carbocycles. The van der Waals surface area contributed by atoms with Gasteiger partial charge in [-0.15, -0.1) is 0 Å². The van der Waals surface area contributed by atoms with Crippen molar-refractivity contribution in [2.75, 3.05) is 38.8 Å². The van der Waals surface area contributed by atoms with Crippen LogP contribution < -0.4 is 20.3 Å².